The molecule has 0 unspecified atom stereocenters. The van der Waals surface area contributed by atoms with Gasteiger partial charge in [-0.3, -0.25) is 9.59 Å². The molecule has 2 N–H and O–H groups in total. The predicted octanol–water partition coefficient (Wildman–Crippen LogP) is 1.62. The Hall–Kier alpha value is -2.63. The Morgan fingerprint density at radius 3 is 2.91 bits per heavy atom. The second-order valence-corrected chi connectivity index (χ2v) is 5.38. The van der Waals surface area contributed by atoms with Crippen molar-refractivity contribution < 1.29 is 4.79 Å². The number of nitrogens with zero attached hydrogens (tertiary/aromatic N) is 2. The summed E-state index contributed by atoms with van der Waals surface area (Å²) in [4.78, 5) is 32.8. The molecule has 1 aliphatic rings. The van der Waals surface area contributed by atoms with Gasteiger partial charge in [0, 0.05) is 31.2 Å². The number of hydrogen-bond donors (Lipinski definition) is 2. The van der Waals surface area contributed by atoms with Gasteiger partial charge in [0.15, 0.2) is 5.82 Å². The lowest BCUT2D eigenvalue weighted by Gasteiger charge is -2.32. The third kappa shape index (κ3) is 3.16. The summed E-state index contributed by atoms with van der Waals surface area (Å²) in [6, 6.07) is 9.40. The summed E-state index contributed by atoms with van der Waals surface area (Å²) in [6.07, 6.45) is 4.75. The molecule has 1 aromatic carbocycles. The van der Waals surface area contributed by atoms with E-state index in [1.165, 1.54) is 6.20 Å². The molecule has 6 heteroatoms. The number of nitrogens with one attached hydrogen (secondary N) is 2. The summed E-state index contributed by atoms with van der Waals surface area (Å²) >= 11 is 0. The van der Waals surface area contributed by atoms with Crippen LogP contribution < -0.4 is 15.8 Å². The fraction of sp³-hybridized carbons (Fsp3) is 0.312. The van der Waals surface area contributed by atoms with Crippen LogP contribution in [-0.4, -0.2) is 29.0 Å². The second-order valence-electron chi connectivity index (χ2n) is 5.38. The van der Waals surface area contributed by atoms with E-state index in [0.29, 0.717) is 12.4 Å². The Balaban J connectivity index is 1.69. The second kappa shape index (κ2) is 6.43. The highest BCUT2D eigenvalue weighted by Crippen LogP contribution is 2.20. The zero-order valence-corrected chi connectivity index (χ0v) is 12.2. The summed E-state index contributed by atoms with van der Waals surface area (Å²) in [7, 11) is 0. The van der Waals surface area contributed by atoms with Crippen molar-refractivity contribution in [3.05, 3.63) is 53.1 Å². The van der Waals surface area contributed by atoms with E-state index < -0.39 is 0 Å². The first-order valence-electron chi connectivity index (χ1n) is 7.38. The highest BCUT2D eigenvalue weighted by atomic mass is 16.2. The molecule has 0 radical (unpaired) electrons. The summed E-state index contributed by atoms with van der Waals surface area (Å²) in [5, 5.41) is 2.93. The molecule has 1 atom stereocenters. The molecule has 114 valence electrons. The number of benzene rings is 1. The smallest absolute Gasteiger partial charge is 0.290 e. The molecule has 6 nitrogen and oxygen atoms in total. The molecule has 2 heterocycles. The van der Waals surface area contributed by atoms with Crippen LogP contribution >= 0.6 is 0 Å². The van der Waals surface area contributed by atoms with Crippen molar-refractivity contribution in [2.45, 2.75) is 12.8 Å². The monoisotopic (exact) mass is 298 g/mol. The van der Waals surface area contributed by atoms with Gasteiger partial charge in [0.1, 0.15) is 0 Å². The molecular formula is C16H18N4O2. The minimum Gasteiger partial charge on any atom is -0.351 e. The zero-order chi connectivity index (χ0) is 15.4. The highest BCUT2D eigenvalue weighted by Gasteiger charge is 2.27. The number of aromatic amines is 1. The number of carbonyl (C=O) groups excluding carboxylic acids is 1. The van der Waals surface area contributed by atoms with Crippen LogP contribution in [-0.2, 0) is 4.79 Å². The Bertz CT molecular complexity index is 699. The van der Waals surface area contributed by atoms with Crippen molar-refractivity contribution >= 4 is 17.4 Å². The van der Waals surface area contributed by atoms with E-state index in [0.717, 1.165) is 25.1 Å². The van der Waals surface area contributed by atoms with E-state index in [-0.39, 0.29) is 17.4 Å². The number of H-pyrrole nitrogens is 1. The predicted molar refractivity (Wildman–Crippen MR) is 84.9 cm³/mol. The summed E-state index contributed by atoms with van der Waals surface area (Å²) in [5.74, 6) is 0.235. The number of amides is 1. The van der Waals surface area contributed by atoms with Crippen LogP contribution in [0.1, 0.15) is 12.8 Å². The van der Waals surface area contributed by atoms with Crippen molar-refractivity contribution in [3.8, 4) is 0 Å². The lowest BCUT2D eigenvalue weighted by Crippen LogP contribution is -2.43. The topological polar surface area (TPSA) is 78.1 Å². The van der Waals surface area contributed by atoms with Gasteiger partial charge in [-0.25, -0.2) is 4.98 Å². The molecule has 0 saturated carbocycles. The van der Waals surface area contributed by atoms with Crippen molar-refractivity contribution in [2.75, 3.05) is 23.3 Å². The Morgan fingerprint density at radius 1 is 1.32 bits per heavy atom. The van der Waals surface area contributed by atoms with Crippen LogP contribution in [0.15, 0.2) is 47.5 Å². The van der Waals surface area contributed by atoms with Crippen LogP contribution in [0.25, 0.3) is 0 Å². The number of piperidine rings is 1. The van der Waals surface area contributed by atoms with Crippen LogP contribution in [0.3, 0.4) is 0 Å². The van der Waals surface area contributed by atoms with Gasteiger partial charge in [0.25, 0.3) is 5.56 Å². The fourth-order valence-corrected chi connectivity index (χ4v) is 2.72. The quantitative estimate of drug-likeness (QED) is 0.902. The van der Waals surface area contributed by atoms with Gasteiger partial charge in [0.2, 0.25) is 5.91 Å². The molecule has 3 rings (SSSR count). The van der Waals surface area contributed by atoms with E-state index in [9.17, 15) is 9.59 Å². The van der Waals surface area contributed by atoms with Crippen LogP contribution in [0.5, 0.6) is 0 Å². The van der Waals surface area contributed by atoms with Crippen molar-refractivity contribution in [1.82, 2.24) is 9.97 Å². The van der Waals surface area contributed by atoms with Crippen molar-refractivity contribution in [3.63, 3.8) is 0 Å². The Labute approximate surface area is 128 Å². The van der Waals surface area contributed by atoms with Crippen LogP contribution in [0, 0.1) is 5.92 Å². The number of hydrogen-bond acceptors (Lipinski definition) is 4. The van der Waals surface area contributed by atoms with Gasteiger partial charge in [-0.1, -0.05) is 18.2 Å². The molecule has 0 spiro atoms. The number of para-hydroxylation sites is 1. The maximum Gasteiger partial charge on any atom is 0.290 e. The molecule has 1 fully saturated rings. The molecule has 1 aromatic heterocycles. The van der Waals surface area contributed by atoms with Crippen molar-refractivity contribution in [2.24, 2.45) is 5.92 Å². The fourth-order valence-electron chi connectivity index (χ4n) is 2.72. The Morgan fingerprint density at radius 2 is 2.14 bits per heavy atom. The number of carbonyl (C=O) groups is 1. The van der Waals surface area contributed by atoms with Gasteiger partial charge in [-0.2, -0.15) is 0 Å². The van der Waals surface area contributed by atoms with Gasteiger partial charge in [0.05, 0.1) is 5.92 Å². The maximum absolute atomic E-state index is 12.4. The molecule has 0 bridgehead atoms. The lowest BCUT2D eigenvalue weighted by molar-refractivity contribution is -0.120. The Kier molecular flexibility index (Phi) is 4.18. The SMILES string of the molecule is O=C(Nc1ccccc1)[C@H]1CCCN(c2ncc[nH]c2=O)C1. The average molecular weight is 298 g/mol. The first kappa shape index (κ1) is 14.3. The molecule has 1 aliphatic heterocycles. The van der Waals surface area contributed by atoms with E-state index in [1.54, 1.807) is 6.20 Å². The zero-order valence-electron chi connectivity index (χ0n) is 12.2. The standard InChI is InChI=1S/C16H18N4O2/c21-15(19-13-6-2-1-3-7-13)12-5-4-10-20(11-12)14-16(22)18-9-8-17-14/h1-3,6-9,12H,4-5,10-11H2,(H,18,22)(H,19,21)/t12-/m0/s1. The normalized spacial score (nSPS) is 18.0. The largest absolute Gasteiger partial charge is 0.351 e. The summed E-state index contributed by atoms with van der Waals surface area (Å²) < 4.78 is 0. The minimum absolute atomic E-state index is 0.0109. The first-order valence-corrected chi connectivity index (χ1v) is 7.38. The molecule has 0 aliphatic carbocycles. The molecule has 1 saturated heterocycles. The third-order valence-corrected chi connectivity index (χ3v) is 3.82. The molecular weight excluding hydrogens is 280 g/mol. The number of anilines is 2. The highest BCUT2D eigenvalue weighted by molar-refractivity contribution is 5.93. The van der Waals surface area contributed by atoms with Crippen LogP contribution in [0.2, 0.25) is 0 Å². The summed E-state index contributed by atoms with van der Waals surface area (Å²) in [6.45, 7) is 1.26. The first-order chi connectivity index (χ1) is 10.7. The third-order valence-electron chi connectivity index (χ3n) is 3.82. The van der Waals surface area contributed by atoms with E-state index in [2.05, 4.69) is 15.3 Å². The average Bonchev–Trinajstić information content (AvgIpc) is 2.56. The van der Waals surface area contributed by atoms with E-state index >= 15 is 0 Å². The van der Waals surface area contributed by atoms with Gasteiger partial charge in [-0.05, 0) is 25.0 Å². The van der Waals surface area contributed by atoms with Gasteiger partial charge < -0.3 is 15.2 Å². The van der Waals surface area contributed by atoms with E-state index in [4.69, 9.17) is 0 Å². The van der Waals surface area contributed by atoms with Crippen molar-refractivity contribution in [1.29, 1.82) is 0 Å². The number of aromatic nitrogens is 2. The lowest BCUT2D eigenvalue weighted by atomic mass is 9.97. The summed E-state index contributed by atoms with van der Waals surface area (Å²) in [5.41, 5.74) is 0.576. The van der Waals surface area contributed by atoms with E-state index in [1.807, 2.05) is 35.2 Å². The molecule has 22 heavy (non-hydrogen) atoms. The van der Waals surface area contributed by atoms with Gasteiger partial charge >= 0.3 is 0 Å². The van der Waals surface area contributed by atoms with Crippen LogP contribution in [0.4, 0.5) is 11.5 Å². The minimum atomic E-state index is -0.216. The molecule has 2 aromatic rings. The molecule has 1 amide bonds. The van der Waals surface area contributed by atoms with Gasteiger partial charge in [-0.15, -0.1) is 0 Å². The maximum atomic E-state index is 12.4. The number of rotatable bonds is 3.